The van der Waals surface area contributed by atoms with E-state index in [0.29, 0.717) is 16.5 Å². The number of imidazole rings is 1. The van der Waals surface area contributed by atoms with Crippen molar-refractivity contribution in [2.45, 2.75) is 20.4 Å². The van der Waals surface area contributed by atoms with Gasteiger partial charge in [-0.05, 0) is 37.6 Å². The molecule has 1 amide bonds. The van der Waals surface area contributed by atoms with E-state index in [2.05, 4.69) is 10.3 Å². The molecule has 0 fully saturated rings. The molecule has 0 radical (unpaired) electrons. The van der Waals surface area contributed by atoms with Gasteiger partial charge in [0.1, 0.15) is 18.1 Å². The zero-order valence-corrected chi connectivity index (χ0v) is 14.5. The van der Waals surface area contributed by atoms with Crippen LogP contribution in [0.25, 0.3) is 11.0 Å². The average molecular weight is 344 g/mol. The molecule has 0 atom stereocenters. The molecule has 5 nitrogen and oxygen atoms in total. The predicted molar refractivity (Wildman–Crippen MR) is 95.8 cm³/mol. The zero-order chi connectivity index (χ0) is 17.3. The van der Waals surface area contributed by atoms with Crippen molar-refractivity contribution in [1.82, 2.24) is 9.55 Å². The molecule has 2 aromatic carbocycles. The largest absolute Gasteiger partial charge is 0.495 e. The molecule has 1 aromatic heterocycles. The van der Waals surface area contributed by atoms with Crippen LogP contribution in [0.15, 0.2) is 36.4 Å². The second kappa shape index (κ2) is 6.53. The Hall–Kier alpha value is -2.53. The maximum absolute atomic E-state index is 12.5. The number of aromatic nitrogens is 2. The number of anilines is 1. The van der Waals surface area contributed by atoms with E-state index >= 15 is 0 Å². The number of carbonyl (C=O) groups excluding carboxylic acids is 1. The van der Waals surface area contributed by atoms with Crippen molar-refractivity contribution in [2.75, 3.05) is 12.4 Å². The summed E-state index contributed by atoms with van der Waals surface area (Å²) < 4.78 is 7.18. The van der Waals surface area contributed by atoms with Gasteiger partial charge in [-0.2, -0.15) is 0 Å². The summed E-state index contributed by atoms with van der Waals surface area (Å²) in [6.07, 6.45) is 0. The molecular formula is C18H18ClN3O2. The molecule has 24 heavy (non-hydrogen) atoms. The van der Waals surface area contributed by atoms with Crippen molar-refractivity contribution < 1.29 is 9.53 Å². The van der Waals surface area contributed by atoms with Crippen LogP contribution < -0.4 is 10.1 Å². The van der Waals surface area contributed by atoms with Crippen LogP contribution in [0.4, 0.5) is 5.69 Å². The molecule has 0 saturated heterocycles. The summed E-state index contributed by atoms with van der Waals surface area (Å²) in [7, 11) is 1.55. The molecular weight excluding hydrogens is 326 g/mol. The Balaban J connectivity index is 1.86. The predicted octanol–water partition coefficient (Wildman–Crippen LogP) is 3.95. The smallest absolute Gasteiger partial charge is 0.244 e. The Bertz CT molecular complexity index is 918. The van der Waals surface area contributed by atoms with E-state index in [1.807, 2.05) is 42.7 Å². The van der Waals surface area contributed by atoms with Crippen molar-refractivity contribution >= 4 is 34.2 Å². The number of amides is 1. The van der Waals surface area contributed by atoms with E-state index < -0.39 is 0 Å². The van der Waals surface area contributed by atoms with Crippen molar-refractivity contribution in [2.24, 2.45) is 0 Å². The van der Waals surface area contributed by atoms with Crippen LogP contribution >= 0.6 is 11.6 Å². The van der Waals surface area contributed by atoms with Gasteiger partial charge in [0.25, 0.3) is 0 Å². The standard InChI is InChI=1S/C18H18ClN3O2/c1-11-8-15(17(24-3)9-13(11)19)21-18(23)10-22-12(2)20-14-6-4-5-7-16(14)22/h4-9H,10H2,1-3H3,(H,21,23). The van der Waals surface area contributed by atoms with Gasteiger partial charge < -0.3 is 14.6 Å². The molecule has 0 aliphatic rings. The Morgan fingerprint density at radius 1 is 1.29 bits per heavy atom. The van der Waals surface area contributed by atoms with E-state index in [9.17, 15) is 4.79 Å². The summed E-state index contributed by atoms with van der Waals surface area (Å²) >= 11 is 6.10. The monoisotopic (exact) mass is 343 g/mol. The van der Waals surface area contributed by atoms with E-state index in [1.54, 1.807) is 19.2 Å². The first-order chi connectivity index (χ1) is 11.5. The van der Waals surface area contributed by atoms with Crippen LogP contribution in [-0.2, 0) is 11.3 Å². The third-order valence-corrected chi connectivity index (χ3v) is 4.31. The lowest BCUT2D eigenvalue weighted by Crippen LogP contribution is -2.20. The molecule has 124 valence electrons. The zero-order valence-electron chi connectivity index (χ0n) is 13.8. The lowest BCUT2D eigenvalue weighted by molar-refractivity contribution is -0.116. The second-order valence-corrected chi connectivity index (χ2v) is 5.99. The number of fused-ring (bicyclic) bond motifs is 1. The van der Waals surface area contributed by atoms with E-state index in [0.717, 1.165) is 22.4 Å². The summed E-state index contributed by atoms with van der Waals surface area (Å²) in [5.74, 6) is 1.18. The quantitative estimate of drug-likeness (QED) is 0.780. The minimum absolute atomic E-state index is 0.152. The van der Waals surface area contributed by atoms with Crippen LogP contribution in [-0.4, -0.2) is 22.6 Å². The Morgan fingerprint density at radius 2 is 2.04 bits per heavy atom. The molecule has 0 aliphatic carbocycles. The molecule has 6 heteroatoms. The fraction of sp³-hybridized carbons (Fsp3) is 0.222. The second-order valence-electron chi connectivity index (χ2n) is 5.58. The normalized spacial score (nSPS) is 10.8. The van der Waals surface area contributed by atoms with Gasteiger partial charge in [-0.3, -0.25) is 4.79 Å². The van der Waals surface area contributed by atoms with E-state index in [1.165, 1.54) is 0 Å². The number of hydrogen-bond donors (Lipinski definition) is 1. The van der Waals surface area contributed by atoms with Crippen molar-refractivity contribution in [3.8, 4) is 5.75 Å². The number of aryl methyl sites for hydroxylation is 2. The van der Waals surface area contributed by atoms with Crippen LogP contribution in [0.3, 0.4) is 0 Å². The van der Waals surface area contributed by atoms with Crippen LogP contribution in [0.1, 0.15) is 11.4 Å². The highest BCUT2D eigenvalue weighted by molar-refractivity contribution is 6.31. The Kier molecular flexibility index (Phi) is 4.44. The van der Waals surface area contributed by atoms with Gasteiger partial charge in [-0.1, -0.05) is 23.7 Å². The molecule has 0 spiro atoms. The first-order valence-electron chi connectivity index (χ1n) is 7.55. The van der Waals surface area contributed by atoms with Gasteiger partial charge in [0.15, 0.2) is 0 Å². The van der Waals surface area contributed by atoms with E-state index in [-0.39, 0.29) is 12.5 Å². The summed E-state index contributed by atoms with van der Waals surface area (Å²) in [6.45, 7) is 3.95. The minimum atomic E-state index is -0.152. The molecule has 0 bridgehead atoms. The Labute approximate surface area is 145 Å². The summed E-state index contributed by atoms with van der Waals surface area (Å²) in [6, 6.07) is 11.3. The minimum Gasteiger partial charge on any atom is -0.495 e. The summed E-state index contributed by atoms with van der Waals surface area (Å²) in [4.78, 5) is 17.0. The number of benzene rings is 2. The number of rotatable bonds is 4. The molecule has 0 saturated carbocycles. The molecule has 3 aromatic rings. The molecule has 1 heterocycles. The summed E-state index contributed by atoms with van der Waals surface area (Å²) in [5, 5.41) is 3.49. The number of methoxy groups -OCH3 is 1. The number of ether oxygens (including phenoxy) is 1. The first-order valence-corrected chi connectivity index (χ1v) is 7.93. The van der Waals surface area contributed by atoms with Gasteiger partial charge in [-0.25, -0.2) is 4.98 Å². The maximum atomic E-state index is 12.5. The number of hydrogen-bond acceptors (Lipinski definition) is 3. The van der Waals surface area contributed by atoms with Gasteiger partial charge in [0.2, 0.25) is 5.91 Å². The highest BCUT2D eigenvalue weighted by atomic mass is 35.5. The van der Waals surface area contributed by atoms with Crippen LogP contribution in [0.5, 0.6) is 5.75 Å². The van der Waals surface area contributed by atoms with Gasteiger partial charge in [0, 0.05) is 11.1 Å². The third-order valence-electron chi connectivity index (χ3n) is 3.90. The fourth-order valence-electron chi connectivity index (χ4n) is 2.66. The van der Waals surface area contributed by atoms with Crippen molar-refractivity contribution in [1.29, 1.82) is 0 Å². The summed E-state index contributed by atoms with van der Waals surface area (Å²) in [5.41, 5.74) is 3.29. The van der Waals surface area contributed by atoms with Gasteiger partial charge in [-0.15, -0.1) is 0 Å². The fourth-order valence-corrected chi connectivity index (χ4v) is 2.81. The lowest BCUT2D eigenvalue weighted by atomic mass is 10.2. The molecule has 1 N–H and O–H groups in total. The average Bonchev–Trinajstić information content (AvgIpc) is 2.86. The van der Waals surface area contributed by atoms with E-state index in [4.69, 9.17) is 16.3 Å². The molecule has 0 aliphatic heterocycles. The van der Waals surface area contributed by atoms with Crippen molar-refractivity contribution in [3.05, 3.63) is 52.8 Å². The van der Waals surface area contributed by atoms with Gasteiger partial charge in [0.05, 0.1) is 23.8 Å². The number of halogens is 1. The molecule has 0 unspecified atom stereocenters. The molecule has 3 rings (SSSR count). The lowest BCUT2D eigenvalue weighted by Gasteiger charge is -2.13. The maximum Gasteiger partial charge on any atom is 0.244 e. The number of nitrogens with one attached hydrogen (secondary N) is 1. The Morgan fingerprint density at radius 3 is 2.79 bits per heavy atom. The number of para-hydroxylation sites is 2. The topological polar surface area (TPSA) is 56.1 Å². The SMILES string of the molecule is COc1cc(Cl)c(C)cc1NC(=O)Cn1c(C)nc2ccccc21. The first kappa shape index (κ1) is 16.3. The number of carbonyl (C=O) groups is 1. The van der Waals surface area contributed by atoms with Crippen LogP contribution in [0.2, 0.25) is 5.02 Å². The highest BCUT2D eigenvalue weighted by Gasteiger charge is 2.13. The van der Waals surface area contributed by atoms with Crippen molar-refractivity contribution in [3.63, 3.8) is 0 Å². The highest BCUT2D eigenvalue weighted by Crippen LogP contribution is 2.31. The number of nitrogens with zero attached hydrogens (tertiary/aromatic N) is 2. The van der Waals surface area contributed by atoms with Gasteiger partial charge >= 0.3 is 0 Å². The third kappa shape index (κ3) is 3.08. The van der Waals surface area contributed by atoms with Crippen LogP contribution in [0, 0.1) is 13.8 Å².